The SMILES string of the molecule is COC(=O)c1ccc(NC(=O)COC(=O)CN2C(=O)[C@@H]3[C@@H](C2=O)[C@@H]2C=C[C@@H]3C2)cc1. The molecule has 2 aliphatic carbocycles. The van der Waals surface area contributed by atoms with Crippen LogP contribution in [-0.2, 0) is 28.7 Å². The van der Waals surface area contributed by atoms with Crippen LogP contribution in [0.15, 0.2) is 36.4 Å². The number of rotatable bonds is 6. The highest BCUT2D eigenvalue weighted by atomic mass is 16.5. The Bertz CT molecular complexity index is 923. The third-order valence-electron chi connectivity index (χ3n) is 5.80. The van der Waals surface area contributed by atoms with Crippen molar-refractivity contribution in [1.29, 1.82) is 0 Å². The molecule has 156 valence electrons. The Labute approximate surface area is 172 Å². The second kappa shape index (κ2) is 7.74. The van der Waals surface area contributed by atoms with E-state index in [1.54, 1.807) is 0 Å². The van der Waals surface area contributed by atoms with Gasteiger partial charge in [0.15, 0.2) is 6.61 Å². The van der Waals surface area contributed by atoms with Crippen molar-refractivity contribution >= 4 is 35.3 Å². The lowest BCUT2D eigenvalue weighted by Gasteiger charge is -2.16. The third-order valence-corrected chi connectivity index (χ3v) is 5.80. The normalized spacial score (nSPS) is 26.0. The van der Waals surface area contributed by atoms with Crippen molar-refractivity contribution in [2.24, 2.45) is 23.7 Å². The van der Waals surface area contributed by atoms with Gasteiger partial charge in [-0.1, -0.05) is 12.2 Å². The summed E-state index contributed by atoms with van der Waals surface area (Å²) in [4.78, 5) is 61.5. The zero-order valence-corrected chi connectivity index (χ0v) is 16.2. The number of imide groups is 1. The molecule has 0 aromatic heterocycles. The number of anilines is 1. The fourth-order valence-electron chi connectivity index (χ4n) is 4.45. The van der Waals surface area contributed by atoms with E-state index in [4.69, 9.17) is 4.74 Å². The van der Waals surface area contributed by atoms with E-state index in [0.717, 1.165) is 11.3 Å². The second-order valence-corrected chi connectivity index (χ2v) is 7.54. The van der Waals surface area contributed by atoms with Crippen LogP contribution in [0, 0.1) is 23.7 Å². The zero-order chi connectivity index (χ0) is 21.4. The lowest BCUT2D eigenvalue weighted by atomic mass is 9.85. The maximum Gasteiger partial charge on any atom is 0.337 e. The molecule has 1 saturated carbocycles. The summed E-state index contributed by atoms with van der Waals surface area (Å²) in [6.07, 6.45) is 4.76. The summed E-state index contributed by atoms with van der Waals surface area (Å²) in [6.45, 7) is -1.06. The number of allylic oxidation sites excluding steroid dienone is 2. The molecular weight excluding hydrogens is 392 g/mol. The van der Waals surface area contributed by atoms with Gasteiger partial charge < -0.3 is 14.8 Å². The van der Waals surface area contributed by atoms with Crippen molar-refractivity contribution < 1.29 is 33.4 Å². The highest BCUT2D eigenvalue weighted by Gasteiger charge is 2.59. The van der Waals surface area contributed by atoms with E-state index in [-0.39, 0.29) is 35.5 Å². The highest BCUT2D eigenvalue weighted by Crippen LogP contribution is 2.52. The smallest absolute Gasteiger partial charge is 0.337 e. The van der Waals surface area contributed by atoms with Gasteiger partial charge in [-0.15, -0.1) is 0 Å². The quantitative estimate of drug-likeness (QED) is 0.416. The monoisotopic (exact) mass is 412 g/mol. The Balaban J connectivity index is 1.26. The summed E-state index contributed by atoms with van der Waals surface area (Å²) >= 11 is 0. The molecule has 30 heavy (non-hydrogen) atoms. The molecule has 1 saturated heterocycles. The first-order chi connectivity index (χ1) is 14.4. The number of likely N-dealkylation sites (tertiary alicyclic amines) is 1. The molecule has 3 amide bonds. The van der Waals surface area contributed by atoms with Crippen molar-refractivity contribution in [3.8, 4) is 0 Å². The molecule has 4 rings (SSSR count). The molecule has 9 nitrogen and oxygen atoms in total. The number of hydrogen-bond acceptors (Lipinski definition) is 7. The average Bonchev–Trinajstić information content (AvgIpc) is 3.42. The Kier molecular flexibility index (Phi) is 5.11. The van der Waals surface area contributed by atoms with Gasteiger partial charge in [0.1, 0.15) is 6.54 Å². The molecule has 0 radical (unpaired) electrons. The van der Waals surface area contributed by atoms with Gasteiger partial charge in [0.2, 0.25) is 11.8 Å². The fraction of sp³-hybridized carbons (Fsp3) is 0.381. The molecule has 0 unspecified atom stereocenters. The number of nitrogens with one attached hydrogen (secondary N) is 1. The van der Waals surface area contributed by atoms with E-state index >= 15 is 0 Å². The lowest BCUT2D eigenvalue weighted by molar-refractivity contribution is -0.154. The Hall–Kier alpha value is -3.49. The molecule has 1 heterocycles. The minimum atomic E-state index is -0.826. The van der Waals surface area contributed by atoms with E-state index in [0.29, 0.717) is 11.3 Å². The van der Waals surface area contributed by atoms with Crippen LogP contribution < -0.4 is 5.32 Å². The van der Waals surface area contributed by atoms with E-state index in [9.17, 15) is 24.0 Å². The zero-order valence-electron chi connectivity index (χ0n) is 16.2. The lowest BCUT2D eigenvalue weighted by Crippen LogP contribution is -2.38. The molecule has 1 aliphatic heterocycles. The van der Waals surface area contributed by atoms with Crippen molar-refractivity contribution in [3.63, 3.8) is 0 Å². The van der Waals surface area contributed by atoms with Gasteiger partial charge in [-0.25, -0.2) is 4.79 Å². The highest BCUT2D eigenvalue weighted by molar-refractivity contribution is 6.08. The van der Waals surface area contributed by atoms with Crippen LogP contribution >= 0.6 is 0 Å². The second-order valence-electron chi connectivity index (χ2n) is 7.54. The van der Waals surface area contributed by atoms with Crippen LogP contribution in [0.25, 0.3) is 0 Å². The Morgan fingerprint density at radius 1 is 1.03 bits per heavy atom. The van der Waals surface area contributed by atoms with E-state index < -0.39 is 31.0 Å². The van der Waals surface area contributed by atoms with Crippen LogP contribution in [-0.4, -0.2) is 54.8 Å². The van der Waals surface area contributed by atoms with E-state index in [1.165, 1.54) is 31.4 Å². The van der Waals surface area contributed by atoms with Crippen molar-refractivity contribution in [3.05, 3.63) is 42.0 Å². The van der Waals surface area contributed by atoms with Crippen molar-refractivity contribution in [2.75, 3.05) is 25.6 Å². The summed E-state index contributed by atoms with van der Waals surface area (Å²) < 4.78 is 9.51. The van der Waals surface area contributed by atoms with E-state index in [2.05, 4.69) is 10.1 Å². The average molecular weight is 412 g/mol. The summed E-state index contributed by atoms with van der Waals surface area (Å²) in [6, 6.07) is 5.98. The first-order valence-electron chi connectivity index (χ1n) is 9.56. The summed E-state index contributed by atoms with van der Waals surface area (Å²) in [5, 5.41) is 2.52. The van der Waals surface area contributed by atoms with E-state index in [1.807, 2.05) is 12.2 Å². The first kappa shape index (κ1) is 19.8. The number of carbonyl (C=O) groups is 5. The molecule has 2 fully saturated rings. The van der Waals surface area contributed by atoms with Gasteiger partial charge in [0.25, 0.3) is 5.91 Å². The number of nitrogens with zero attached hydrogens (tertiary/aromatic N) is 1. The number of ether oxygens (including phenoxy) is 2. The van der Waals surface area contributed by atoms with Crippen LogP contribution in [0.3, 0.4) is 0 Å². The Morgan fingerprint density at radius 2 is 1.63 bits per heavy atom. The van der Waals surface area contributed by atoms with Gasteiger partial charge >= 0.3 is 11.9 Å². The van der Waals surface area contributed by atoms with Crippen LogP contribution in [0.2, 0.25) is 0 Å². The van der Waals surface area contributed by atoms with Gasteiger partial charge in [-0.2, -0.15) is 0 Å². The van der Waals surface area contributed by atoms with Gasteiger partial charge in [-0.3, -0.25) is 24.1 Å². The molecule has 1 aromatic carbocycles. The minimum Gasteiger partial charge on any atom is -0.465 e. The molecule has 0 spiro atoms. The molecule has 1 N–H and O–H groups in total. The molecule has 2 bridgehead atoms. The van der Waals surface area contributed by atoms with Crippen LogP contribution in [0.1, 0.15) is 16.8 Å². The topological polar surface area (TPSA) is 119 Å². The van der Waals surface area contributed by atoms with Crippen molar-refractivity contribution in [1.82, 2.24) is 4.90 Å². The maximum absolute atomic E-state index is 12.6. The summed E-state index contributed by atoms with van der Waals surface area (Å²) in [5.41, 5.74) is 0.736. The van der Waals surface area contributed by atoms with Crippen molar-refractivity contribution in [2.45, 2.75) is 6.42 Å². The molecule has 9 heteroatoms. The fourth-order valence-corrected chi connectivity index (χ4v) is 4.45. The third kappa shape index (κ3) is 3.47. The molecule has 3 aliphatic rings. The summed E-state index contributed by atoms with van der Waals surface area (Å²) in [5.74, 6) is -3.22. The first-order valence-corrected chi connectivity index (χ1v) is 9.56. The standard InChI is InChI=1S/C21H20N2O7/c1-29-21(28)11-4-6-14(7-5-11)22-15(24)10-30-16(25)9-23-19(26)17-12-2-3-13(8-12)18(17)20(23)27/h2-7,12-13,17-18H,8-10H2,1H3,(H,22,24)/t12-,13-,17+,18+/m1/s1. The Morgan fingerprint density at radius 3 is 2.20 bits per heavy atom. The number of fused-ring (bicyclic) bond motifs is 5. The van der Waals surface area contributed by atoms with Crippen LogP contribution in [0.5, 0.6) is 0 Å². The largest absolute Gasteiger partial charge is 0.465 e. The molecular formula is C21H20N2O7. The molecule has 4 atom stereocenters. The molecule has 1 aromatic rings. The van der Waals surface area contributed by atoms with Gasteiger partial charge in [0.05, 0.1) is 24.5 Å². The minimum absolute atomic E-state index is 0.0637. The predicted molar refractivity (Wildman–Crippen MR) is 102 cm³/mol. The van der Waals surface area contributed by atoms with Crippen LogP contribution in [0.4, 0.5) is 5.69 Å². The number of esters is 2. The predicted octanol–water partition coefficient (Wildman–Crippen LogP) is 0.762. The number of amides is 3. The number of benzene rings is 1. The summed E-state index contributed by atoms with van der Waals surface area (Å²) in [7, 11) is 1.27. The maximum atomic E-state index is 12.6. The number of hydrogen-bond donors (Lipinski definition) is 1. The van der Waals surface area contributed by atoms with Gasteiger partial charge in [0, 0.05) is 5.69 Å². The number of carbonyl (C=O) groups excluding carboxylic acids is 5. The van der Waals surface area contributed by atoms with Gasteiger partial charge in [-0.05, 0) is 42.5 Å². The number of methoxy groups -OCH3 is 1.